The van der Waals surface area contributed by atoms with E-state index in [0.717, 1.165) is 38.7 Å². The highest BCUT2D eigenvalue weighted by Crippen LogP contribution is 2.54. The van der Waals surface area contributed by atoms with Crippen LogP contribution in [0.15, 0.2) is 36.4 Å². The fourth-order valence-corrected chi connectivity index (χ4v) is 5.08. The maximum absolute atomic E-state index is 14.4. The summed E-state index contributed by atoms with van der Waals surface area (Å²) in [5.41, 5.74) is -7.73. The van der Waals surface area contributed by atoms with Crippen LogP contribution in [0.4, 0.5) is 36.4 Å². The van der Waals surface area contributed by atoms with Crippen molar-refractivity contribution in [1.82, 2.24) is 5.32 Å². The van der Waals surface area contributed by atoms with Gasteiger partial charge in [0.15, 0.2) is 0 Å². The SMILES string of the molecule is Cc1cc(C(F)(C(F)(F)F)C(F)(F)F)ccc1NC(=O)c1cccc(I)c1C(=O)NC1(C2CC2)CC1. The van der Waals surface area contributed by atoms with E-state index in [-0.39, 0.29) is 27.9 Å². The zero-order valence-electron chi connectivity index (χ0n) is 18.7. The van der Waals surface area contributed by atoms with Crippen molar-refractivity contribution in [3.05, 3.63) is 62.2 Å². The molecule has 0 aromatic heterocycles. The Kier molecular flexibility index (Phi) is 6.58. The average Bonchev–Trinajstić information content (AvgIpc) is 3.67. The lowest BCUT2D eigenvalue weighted by molar-refractivity contribution is -0.348. The van der Waals surface area contributed by atoms with Crippen LogP contribution >= 0.6 is 22.6 Å². The van der Waals surface area contributed by atoms with Gasteiger partial charge in [-0.15, -0.1) is 0 Å². The molecule has 0 spiro atoms. The Morgan fingerprint density at radius 3 is 2.06 bits per heavy atom. The predicted molar refractivity (Wildman–Crippen MR) is 125 cm³/mol. The first kappa shape index (κ1) is 26.7. The summed E-state index contributed by atoms with van der Waals surface area (Å²) in [6.07, 6.45) is -8.73. The van der Waals surface area contributed by atoms with Crippen molar-refractivity contribution in [2.75, 3.05) is 5.32 Å². The minimum atomic E-state index is -6.25. The van der Waals surface area contributed by atoms with Crippen molar-refractivity contribution in [2.24, 2.45) is 5.92 Å². The van der Waals surface area contributed by atoms with Crippen molar-refractivity contribution in [3.63, 3.8) is 0 Å². The standard InChI is InChI=1S/C24H20F7IN2O2/c1-12-11-14(22(25,23(26,27)28)24(29,30)31)7-8-17(12)33-19(35)15-3-2-4-16(32)18(15)20(36)34-21(9-10-21)13-5-6-13/h2-4,7-8,11,13H,5-6,9-10H2,1H3,(H,33,35)(H,34,36). The predicted octanol–water partition coefficient (Wildman–Crippen LogP) is 6.81. The Morgan fingerprint density at radius 1 is 0.944 bits per heavy atom. The van der Waals surface area contributed by atoms with Gasteiger partial charge in [-0.25, -0.2) is 4.39 Å². The van der Waals surface area contributed by atoms with Crippen molar-refractivity contribution in [1.29, 1.82) is 0 Å². The molecule has 2 aliphatic carbocycles. The molecule has 0 atom stereocenters. The molecular weight excluding hydrogens is 608 g/mol. The fraction of sp³-hybridized carbons (Fsp3) is 0.417. The summed E-state index contributed by atoms with van der Waals surface area (Å²) in [7, 11) is 0. The lowest BCUT2D eigenvalue weighted by Crippen LogP contribution is -2.50. The molecule has 0 heterocycles. The second-order valence-corrected chi connectivity index (χ2v) is 10.3. The van der Waals surface area contributed by atoms with Crippen LogP contribution in [0, 0.1) is 16.4 Å². The normalized spacial score (nSPS) is 17.5. The summed E-state index contributed by atoms with van der Waals surface area (Å²) in [6, 6.07) is 6.07. The maximum Gasteiger partial charge on any atom is 0.435 e. The third-order valence-electron chi connectivity index (χ3n) is 6.65. The number of hydrogen-bond acceptors (Lipinski definition) is 2. The van der Waals surface area contributed by atoms with Gasteiger partial charge in [-0.2, -0.15) is 26.3 Å². The molecule has 2 aromatic rings. The second-order valence-electron chi connectivity index (χ2n) is 9.18. The second kappa shape index (κ2) is 8.88. The number of aryl methyl sites for hydroxylation is 1. The number of halogens is 8. The molecule has 194 valence electrons. The van der Waals surface area contributed by atoms with Gasteiger partial charge in [0.25, 0.3) is 11.8 Å². The van der Waals surface area contributed by atoms with Gasteiger partial charge in [0.1, 0.15) is 0 Å². The van der Waals surface area contributed by atoms with E-state index < -0.39 is 35.4 Å². The highest BCUT2D eigenvalue weighted by atomic mass is 127. The lowest BCUT2D eigenvalue weighted by atomic mass is 9.92. The number of rotatable bonds is 6. The number of carbonyl (C=O) groups is 2. The molecule has 36 heavy (non-hydrogen) atoms. The number of carbonyl (C=O) groups excluding carboxylic acids is 2. The molecule has 0 saturated heterocycles. The molecular formula is C24H20F7IN2O2. The van der Waals surface area contributed by atoms with Gasteiger partial charge in [-0.3, -0.25) is 9.59 Å². The molecule has 2 fully saturated rings. The van der Waals surface area contributed by atoms with Crippen LogP contribution in [0.1, 0.15) is 57.5 Å². The Labute approximate surface area is 215 Å². The number of nitrogens with one attached hydrogen (secondary N) is 2. The Bertz CT molecular complexity index is 1200. The summed E-state index contributed by atoms with van der Waals surface area (Å²) in [6.45, 7) is 1.14. The Balaban J connectivity index is 1.60. The largest absolute Gasteiger partial charge is 0.435 e. The number of hydrogen-bond donors (Lipinski definition) is 2. The molecule has 0 bridgehead atoms. The third-order valence-corrected chi connectivity index (χ3v) is 7.55. The summed E-state index contributed by atoms with van der Waals surface area (Å²) in [5.74, 6) is -0.805. The highest BCUT2D eigenvalue weighted by molar-refractivity contribution is 14.1. The van der Waals surface area contributed by atoms with Crippen LogP contribution < -0.4 is 10.6 Å². The molecule has 0 aliphatic heterocycles. The van der Waals surface area contributed by atoms with E-state index in [2.05, 4.69) is 10.6 Å². The maximum atomic E-state index is 14.4. The zero-order valence-corrected chi connectivity index (χ0v) is 20.9. The molecule has 12 heteroatoms. The number of amides is 2. The number of benzene rings is 2. The zero-order chi connectivity index (χ0) is 26.7. The van der Waals surface area contributed by atoms with Gasteiger partial charge < -0.3 is 10.6 Å². The van der Waals surface area contributed by atoms with E-state index in [0.29, 0.717) is 21.6 Å². The van der Waals surface area contributed by atoms with E-state index in [9.17, 15) is 40.3 Å². The van der Waals surface area contributed by atoms with E-state index in [4.69, 9.17) is 0 Å². The molecule has 4 nitrogen and oxygen atoms in total. The monoisotopic (exact) mass is 628 g/mol. The van der Waals surface area contributed by atoms with Crippen molar-refractivity contribution in [2.45, 2.75) is 56.2 Å². The van der Waals surface area contributed by atoms with E-state index in [1.54, 1.807) is 12.1 Å². The Hall–Kier alpha value is -2.38. The first-order valence-corrected chi connectivity index (χ1v) is 12.0. The first-order chi connectivity index (χ1) is 16.6. The quantitative estimate of drug-likeness (QED) is 0.273. The molecule has 2 N–H and O–H groups in total. The number of anilines is 1. The fourth-order valence-electron chi connectivity index (χ4n) is 4.33. The van der Waals surface area contributed by atoms with Gasteiger partial charge in [0.2, 0.25) is 0 Å². The molecule has 2 amide bonds. The molecule has 0 radical (unpaired) electrons. The smallest absolute Gasteiger partial charge is 0.346 e. The highest BCUT2D eigenvalue weighted by Gasteiger charge is 2.73. The van der Waals surface area contributed by atoms with E-state index in [1.807, 2.05) is 22.6 Å². The van der Waals surface area contributed by atoms with Crippen LogP contribution in [-0.4, -0.2) is 29.7 Å². The van der Waals surface area contributed by atoms with Crippen LogP contribution in [0.2, 0.25) is 0 Å². The van der Waals surface area contributed by atoms with Gasteiger partial charge in [-0.05, 0) is 84.9 Å². The Morgan fingerprint density at radius 2 is 1.56 bits per heavy atom. The minimum absolute atomic E-state index is 0.0140. The van der Waals surface area contributed by atoms with Crippen molar-refractivity contribution in [3.8, 4) is 0 Å². The van der Waals surface area contributed by atoms with Gasteiger partial charge in [0, 0.05) is 20.4 Å². The molecule has 2 aromatic carbocycles. The average molecular weight is 628 g/mol. The van der Waals surface area contributed by atoms with Gasteiger partial charge >= 0.3 is 18.0 Å². The topological polar surface area (TPSA) is 58.2 Å². The summed E-state index contributed by atoms with van der Waals surface area (Å²) in [5, 5.41) is 5.44. The summed E-state index contributed by atoms with van der Waals surface area (Å²) >= 11 is 1.91. The van der Waals surface area contributed by atoms with E-state index in [1.165, 1.54) is 6.07 Å². The number of alkyl halides is 7. The van der Waals surface area contributed by atoms with Crippen molar-refractivity contribution >= 4 is 40.1 Å². The minimum Gasteiger partial charge on any atom is -0.346 e. The molecule has 2 saturated carbocycles. The third kappa shape index (κ3) is 4.68. The van der Waals surface area contributed by atoms with Gasteiger partial charge in [-0.1, -0.05) is 18.2 Å². The van der Waals surface area contributed by atoms with Crippen LogP contribution in [-0.2, 0) is 5.67 Å². The van der Waals surface area contributed by atoms with Crippen LogP contribution in [0.25, 0.3) is 0 Å². The van der Waals surface area contributed by atoms with E-state index >= 15 is 0 Å². The van der Waals surface area contributed by atoms with Crippen LogP contribution in [0.5, 0.6) is 0 Å². The molecule has 0 unspecified atom stereocenters. The lowest BCUT2D eigenvalue weighted by Gasteiger charge is -2.30. The molecule has 2 aliphatic rings. The van der Waals surface area contributed by atoms with Crippen LogP contribution in [0.3, 0.4) is 0 Å². The first-order valence-electron chi connectivity index (χ1n) is 11.0. The van der Waals surface area contributed by atoms with Crippen molar-refractivity contribution < 1.29 is 40.3 Å². The summed E-state index contributed by atoms with van der Waals surface area (Å²) in [4.78, 5) is 26.1. The molecule has 4 rings (SSSR count). The van der Waals surface area contributed by atoms with Gasteiger partial charge in [0.05, 0.1) is 11.1 Å². The summed E-state index contributed by atoms with van der Waals surface area (Å²) < 4.78 is 93.4.